The second-order valence-corrected chi connectivity index (χ2v) is 8.75. The third-order valence-corrected chi connectivity index (χ3v) is 5.93. The maximum Gasteiger partial charge on any atom is 0.271 e. The Morgan fingerprint density at radius 1 is 1.18 bits per heavy atom. The van der Waals surface area contributed by atoms with E-state index >= 15 is 0 Å². The SMILES string of the molecule is COc1ccccc1OC(C)c1nnc(SCC(=O)Nc2cc([N+](=O)[O-])ccc2C)n1C(C)C. The summed E-state index contributed by atoms with van der Waals surface area (Å²) in [6.45, 7) is 7.65. The zero-order valence-corrected chi connectivity index (χ0v) is 20.5. The molecule has 11 heteroatoms. The number of nitro benzene ring substituents is 1. The number of nitro groups is 1. The predicted octanol–water partition coefficient (Wildman–Crippen LogP) is 4.96. The number of benzene rings is 2. The van der Waals surface area contributed by atoms with Crippen LogP contribution in [-0.2, 0) is 4.79 Å². The Morgan fingerprint density at radius 2 is 1.88 bits per heavy atom. The van der Waals surface area contributed by atoms with Crippen LogP contribution in [0.1, 0.15) is 44.3 Å². The number of carbonyl (C=O) groups excluding carboxylic acids is 1. The molecule has 1 aromatic heterocycles. The highest BCUT2D eigenvalue weighted by molar-refractivity contribution is 7.99. The third kappa shape index (κ3) is 5.84. The molecule has 0 radical (unpaired) electrons. The second-order valence-electron chi connectivity index (χ2n) is 7.81. The molecule has 1 N–H and O–H groups in total. The van der Waals surface area contributed by atoms with E-state index in [4.69, 9.17) is 9.47 Å². The zero-order valence-electron chi connectivity index (χ0n) is 19.6. The van der Waals surface area contributed by atoms with Crippen molar-refractivity contribution in [2.75, 3.05) is 18.2 Å². The summed E-state index contributed by atoms with van der Waals surface area (Å²) in [6, 6.07) is 11.7. The van der Waals surface area contributed by atoms with Gasteiger partial charge in [-0.15, -0.1) is 10.2 Å². The molecule has 0 aliphatic rings. The van der Waals surface area contributed by atoms with Gasteiger partial charge >= 0.3 is 0 Å². The van der Waals surface area contributed by atoms with Crippen LogP contribution in [0.25, 0.3) is 0 Å². The van der Waals surface area contributed by atoms with Crippen LogP contribution in [0.3, 0.4) is 0 Å². The molecular formula is C23H27N5O5S. The number of non-ortho nitro benzene ring substituents is 1. The summed E-state index contributed by atoms with van der Waals surface area (Å²) in [6.07, 6.45) is -0.415. The number of methoxy groups -OCH3 is 1. The maximum atomic E-state index is 12.6. The molecule has 0 spiro atoms. The minimum absolute atomic E-state index is 0.0262. The first kappa shape index (κ1) is 25.0. The molecule has 0 saturated carbocycles. The molecule has 10 nitrogen and oxygen atoms in total. The molecule has 2 aromatic carbocycles. The van der Waals surface area contributed by atoms with E-state index in [9.17, 15) is 14.9 Å². The highest BCUT2D eigenvalue weighted by Crippen LogP contribution is 2.32. The standard InChI is InChI=1S/C23H27N5O5S/c1-14(2)27-22(16(4)33-20-9-7-6-8-19(20)32-5)25-26-23(27)34-13-21(29)24-18-12-17(28(30)31)11-10-15(18)3/h6-12,14,16H,13H2,1-5H3,(H,24,29). The van der Waals surface area contributed by atoms with Gasteiger partial charge in [0, 0.05) is 18.2 Å². The van der Waals surface area contributed by atoms with Crippen molar-refractivity contribution in [2.45, 2.75) is 45.0 Å². The van der Waals surface area contributed by atoms with E-state index in [2.05, 4.69) is 15.5 Å². The van der Waals surface area contributed by atoms with Gasteiger partial charge in [-0.3, -0.25) is 14.9 Å². The van der Waals surface area contributed by atoms with Crippen LogP contribution in [0, 0.1) is 17.0 Å². The molecule has 0 aliphatic carbocycles. The summed E-state index contributed by atoms with van der Waals surface area (Å²) in [4.78, 5) is 23.1. The number of para-hydroxylation sites is 2. The smallest absolute Gasteiger partial charge is 0.271 e. The monoisotopic (exact) mass is 485 g/mol. The molecule has 34 heavy (non-hydrogen) atoms. The molecule has 0 bridgehead atoms. The minimum Gasteiger partial charge on any atom is -0.493 e. The van der Waals surface area contributed by atoms with Crippen LogP contribution in [0.2, 0.25) is 0 Å². The van der Waals surface area contributed by atoms with Gasteiger partial charge in [-0.25, -0.2) is 0 Å². The van der Waals surface area contributed by atoms with Crippen LogP contribution in [0.4, 0.5) is 11.4 Å². The van der Waals surface area contributed by atoms with Crippen molar-refractivity contribution in [1.29, 1.82) is 0 Å². The van der Waals surface area contributed by atoms with Gasteiger partial charge in [-0.2, -0.15) is 0 Å². The number of rotatable bonds is 10. The number of hydrogen-bond acceptors (Lipinski definition) is 8. The lowest BCUT2D eigenvalue weighted by molar-refractivity contribution is -0.384. The van der Waals surface area contributed by atoms with Crippen molar-refractivity contribution in [2.24, 2.45) is 0 Å². The van der Waals surface area contributed by atoms with E-state index in [1.165, 1.54) is 23.9 Å². The Hall–Kier alpha value is -3.60. The Kier molecular flexibility index (Phi) is 8.11. The molecule has 180 valence electrons. The lowest BCUT2D eigenvalue weighted by atomic mass is 10.2. The number of anilines is 1. The first-order valence-corrected chi connectivity index (χ1v) is 11.6. The molecule has 3 aromatic rings. The van der Waals surface area contributed by atoms with Gasteiger partial charge < -0.3 is 19.4 Å². The van der Waals surface area contributed by atoms with Crippen molar-refractivity contribution in [3.8, 4) is 11.5 Å². The van der Waals surface area contributed by atoms with Gasteiger partial charge in [0.05, 0.1) is 23.5 Å². The number of nitrogens with one attached hydrogen (secondary N) is 1. The fourth-order valence-corrected chi connectivity index (χ4v) is 4.16. The molecule has 0 fully saturated rings. The summed E-state index contributed by atoms with van der Waals surface area (Å²) in [7, 11) is 1.58. The summed E-state index contributed by atoms with van der Waals surface area (Å²) in [5, 5.41) is 22.9. The molecule has 0 aliphatic heterocycles. The second kappa shape index (κ2) is 11.0. The number of carbonyl (C=O) groups is 1. The number of hydrogen-bond donors (Lipinski definition) is 1. The first-order chi connectivity index (χ1) is 16.2. The van der Waals surface area contributed by atoms with Crippen molar-refractivity contribution in [1.82, 2.24) is 14.8 Å². The summed E-state index contributed by atoms with van der Waals surface area (Å²) in [5.74, 6) is 1.60. The number of thioether (sulfide) groups is 1. The van der Waals surface area contributed by atoms with Gasteiger partial charge in [0.2, 0.25) is 5.91 Å². The maximum absolute atomic E-state index is 12.6. The highest BCUT2D eigenvalue weighted by Gasteiger charge is 2.23. The molecule has 1 unspecified atom stereocenters. The number of nitrogens with zero attached hydrogens (tertiary/aromatic N) is 4. The fourth-order valence-electron chi connectivity index (χ4n) is 3.28. The van der Waals surface area contributed by atoms with Gasteiger partial charge in [-0.05, 0) is 45.4 Å². The lowest BCUT2D eigenvalue weighted by Gasteiger charge is -2.19. The zero-order chi connectivity index (χ0) is 24.8. The van der Waals surface area contributed by atoms with Crippen molar-refractivity contribution in [3.05, 3.63) is 64.0 Å². The number of aryl methyl sites for hydroxylation is 1. The highest BCUT2D eigenvalue weighted by atomic mass is 32.2. The molecule has 3 rings (SSSR count). The van der Waals surface area contributed by atoms with Gasteiger partial charge in [0.15, 0.2) is 28.6 Å². The molecule has 1 amide bonds. The van der Waals surface area contributed by atoms with E-state index in [1.807, 2.05) is 49.6 Å². The van der Waals surface area contributed by atoms with E-state index in [-0.39, 0.29) is 23.4 Å². The first-order valence-electron chi connectivity index (χ1n) is 10.6. The van der Waals surface area contributed by atoms with Crippen molar-refractivity contribution >= 4 is 29.0 Å². The Labute approximate surface area is 201 Å². The van der Waals surface area contributed by atoms with Crippen LogP contribution in [0.5, 0.6) is 11.5 Å². The van der Waals surface area contributed by atoms with Crippen LogP contribution in [0.15, 0.2) is 47.6 Å². The Bertz CT molecular complexity index is 1180. The average Bonchev–Trinajstić information content (AvgIpc) is 3.24. The van der Waals surface area contributed by atoms with Crippen LogP contribution in [-0.4, -0.2) is 38.5 Å². The van der Waals surface area contributed by atoms with Crippen molar-refractivity contribution in [3.63, 3.8) is 0 Å². The summed E-state index contributed by atoms with van der Waals surface area (Å²) < 4.78 is 13.4. The van der Waals surface area contributed by atoms with Crippen molar-refractivity contribution < 1.29 is 19.2 Å². The van der Waals surface area contributed by atoms with E-state index in [1.54, 1.807) is 20.1 Å². The average molecular weight is 486 g/mol. The Morgan fingerprint density at radius 3 is 2.53 bits per heavy atom. The number of aromatic nitrogens is 3. The molecule has 0 saturated heterocycles. The lowest BCUT2D eigenvalue weighted by Crippen LogP contribution is -2.17. The molecule has 1 heterocycles. The normalized spacial score (nSPS) is 11.8. The van der Waals surface area contributed by atoms with Gasteiger partial charge in [0.25, 0.3) is 5.69 Å². The quantitative estimate of drug-likeness (QED) is 0.243. The number of ether oxygens (including phenoxy) is 2. The molecule has 1 atom stereocenters. The summed E-state index contributed by atoms with van der Waals surface area (Å²) in [5.41, 5.74) is 1.06. The molecular weight excluding hydrogens is 458 g/mol. The van der Waals surface area contributed by atoms with Gasteiger partial charge in [-0.1, -0.05) is 30.0 Å². The minimum atomic E-state index is -0.495. The van der Waals surface area contributed by atoms with E-state index in [0.29, 0.717) is 28.2 Å². The number of amides is 1. The Balaban J connectivity index is 1.72. The predicted molar refractivity (Wildman–Crippen MR) is 130 cm³/mol. The summed E-state index contributed by atoms with van der Waals surface area (Å²) >= 11 is 1.23. The van der Waals surface area contributed by atoms with Gasteiger partial charge in [0.1, 0.15) is 0 Å². The largest absolute Gasteiger partial charge is 0.493 e. The van der Waals surface area contributed by atoms with E-state index in [0.717, 1.165) is 5.56 Å². The third-order valence-electron chi connectivity index (χ3n) is 4.98. The fraction of sp³-hybridized carbons (Fsp3) is 0.348. The van der Waals surface area contributed by atoms with Crippen LogP contribution < -0.4 is 14.8 Å². The van der Waals surface area contributed by atoms with Crippen LogP contribution >= 0.6 is 11.8 Å². The van der Waals surface area contributed by atoms with E-state index < -0.39 is 11.0 Å². The topological polar surface area (TPSA) is 121 Å².